The highest BCUT2D eigenvalue weighted by atomic mass is 79.9. The summed E-state index contributed by atoms with van der Waals surface area (Å²) in [6.07, 6.45) is -0.0800. The van der Waals surface area contributed by atoms with Crippen LogP contribution < -0.4 is 4.90 Å². The molecule has 18 heavy (non-hydrogen) atoms. The Labute approximate surface area is 114 Å². The molecule has 0 spiro atoms. The number of hydrogen-bond acceptors (Lipinski definition) is 4. The minimum atomic E-state index is -0.147. The lowest BCUT2D eigenvalue weighted by Gasteiger charge is -2.29. The van der Waals surface area contributed by atoms with Gasteiger partial charge in [-0.25, -0.2) is 0 Å². The summed E-state index contributed by atoms with van der Waals surface area (Å²) in [5, 5.41) is 8.52. The molecule has 0 amide bonds. The number of ketones is 1. The lowest BCUT2D eigenvalue weighted by Crippen LogP contribution is -2.36. The molecule has 0 bridgehead atoms. The Morgan fingerprint density at radius 2 is 2.17 bits per heavy atom. The highest BCUT2D eigenvalue weighted by Crippen LogP contribution is 2.28. The first-order valence-electron chi connectivity index (χ1n) is 5.75. The zero-order valence-electron chi connectivity index (χ0n) is 9.86. The van der Waals surface area contributed by atoms with E-state index in [1.54, 1.807) is 12.1 Å². The van der Waals surface area contributed by atoms with Gasteiger partial charge >= 0.3 is 0 Å². The Bertz CT molecular complexity index is 490. The van der Waals surface area contributed by atoms with Crippen molar-refractivity contribution in [1.29, 1.82) is 5.26 Å². The summed E-state index contributed by atoms with van der Waals surface area (Å²) in [6.45, 7) is 3.15. The van der Waals surface area contributed by atoms with E-state index in [0.29, 0.717) is 5.56 Å². The second-order valence-electron chi connectivity index (χ2n) is 4.02. The van der Waals surface area contributed by atoms with Crippen LogP contribution in [0, 0.1) is 11.3 Å². The van der Waals surface area contributed by atoms with Crippen molar-refractivity contribution in [2.24, 2.45) is 0 Å². The fraction of sp³-hybridized carbons (Fsp3) is 0.385. The predicted molar refractivity (Wildman–Crippen MR) is 71.7 cm³/mol. The van der Waals surface area contributed by atoms with Crippen molar-refractivity contribution < 1.29 is 9.53 Å². The number of nitriles is 1. The average Bonchev–Trinajstić information content (AvgIpc) is 2.40. The smallest absolute Gasteiger partial charge is 0.176 e. The van der Waals surface area contributed by atoms with Crippen molar-refractivity contribution in [3.63, 3.8) is 0 Å². The monoisotopic (exact) mass is 308 g/mol. The first-order valence-corrected chi connectivity index (χ1v) is 6.54. The summed E-state index contributed by atoms with van der Waals surface area (Å²) < 4.78 is 6.19. The van der Waals surface area contributed by atoms with Gasteiger partial charge in [-0.15, -0.1) is 0 Å². The number of morpholine rings is 1. The van der Waals surface area contributed by atoms with Crippen molar-refractivity contribution in [2.45, 2.75) is 6.42 Å². The summed E-state index contributed by atoms with van der Waals surface area (Å²) in [7, 11) is 0. The Morgan fingerprint density at radius 3 is 2.78 bits per heavy atom. The average molecular weight is 309 g/mol. The minimum absolute atomic E-state index is 0.0800. The quantitative estimate of drug-likeness (QED) is 0.805. The molecule has 0 aromatic heterocycles. The third-order valence-electron chi connectivity index (χ3n) is 2.86. The molecule has 2 rings (SSSR count). The van der Waals surface area contributed by atoms with Crippen molar-refractivity contribution in [3.8, 4) is 6.07 Å². The summed E-state index contributed by atoms with van der Waals surface area (Å²) >= 11 is 3.48. The molecule has 5 heteroatoms. The standard InChI is InChI=1S/C13H13BrN2O2/c14-11-9-10(13(17)3-4-15)1-2-12(11)16-5-7-18-8-6-16/h1-2,9H,3,5-8H2. The second kappa shape index (κ2) is 5.98. The van der Waals surface area contributed by atoms with Gasteiger partial charge in [0.05, 0.1) is 31.4 Å². The summed E-state index contributed by atoms with van der Waals surface area (Å²) in [4.78, 5) is 13.8. The van der Waals surface area contributed by atoms with Gasteiger partial charge < -0.3 is 9.64 Å². The topological polar surface area (TPSA) is 53.3 Å². The summed E-state index contributed by atoms with van der Waals surface area (Å²) in [6, 6.07) is 7.34. The van der Waals surface area contributed by atoms with Gasteiger partial charge in [-0.2, -0.15) is 5.26 Å². The van der Waals surface area contributed by atoms with E-state index >= 15 is 0 Å². The van der Waals surface area contributed by atoms with Crippen molar-refractivity contribution in [2.75, 3.05) is 31.2 Å². The zero-order valence-corrected chi connectivity index (χ0v) is 11.4. The molecular weight excluding hydrogens is 296 g/mol. The molecular formula is C13H13BrN2O2. The Morgan fingerprint density at radius 1 is 1.44 bits per heavy atom. The van der Waals surface area contributed by atoms with E-state index in [1.165, 1.54) is 0 Å². The highest BCUT2D eigenvalue weighted by Gasteiger charge is 2.15. The zero-order chi connectivity index (χ0) is 13.0. The fourth-order valence-corrected chi connectivity index (χ4v) is 2.54. The third-order valence-corrected chi connectivity index (χ3v) is 3.50. The van der Waals surface area contributed by atoms with E-state index < -0.39 is 0 Å². The van der Waals surface area contributed by atoms with E-state index in [-0.39, 0.29) is 12.2 Å². The van der Waals surface area contributed by atoms with Gasteiger partial charge in [0.25, 0.3) is 0 Å². The van der Waals surface area contributed by atoms with Crippen LogP contribution in [-0.4, -0.2) is 32.1 Å². The molecule has 0 atom stereocenters. The number of hydrogen-bond donors (Lipinski definition) is 0. The number of benzene rings is 1. The SMILES string of the molecule is N#CCC(=O)c1ccc(N2CCOCC2)c(Br)c1. The van der Waals surface area contributed by atoms with Crippen LogP contribution in [0.3, 0.4) is 0 Å². The number of anilines is 1. The lowest BCUT2D eigenvalue weighted by atomic mass is 10.1. The summed E-state index contributed by atoms with van der Waals surface area (Å²) in [5.41, 5.74) is 1.63. The van der Waals surface area contributed by atoms with Gasteiger partial charge in [-0.05, 0) is 34.1 Å². The van der Waals surface area contributed by atoms with Gasteiger partial charge in [0.15, 0.2) is 5.78 Å². The van der Waals surface area contributed by atoms with Crippen molar-refractivity contribution in [1.82, 2.24) is 0 Å². The van der Waals surface area contributed by atoms with Gasteiger partial charge in [-0.3, -0.25) is 4.79 Å². The molecule has 0 unspecified atom stereocenters. The van der Waals surface area contributed by atoms with Crippen LogP contribution in [0.5, 0.6) is 0 Å². The molecule has 1 aromatic rings. The normalized spacial score (nSPS) is 15.2. The number of ether oxygens (including phenoxy) is 1. The van der Waals surface area contributed by atoms with Gasteiger partial charge in [0.2, 0.25) is 0 Å². The number of halogens is 1. The maximum atomic E-state index is 11.6. The molecule has 1 aromatic carbocycles. The van der Waals surface area contributed by atoms with E-state index in [4.69, 9.17) is 10.00 Å². The molecule has 1 saturated heterocycles. The molecule has 94 valence electrons. The number of Topliss-reactive ketones (excluding diaryl/α,β-unsaturated/α-hetero) is 1. The van der Waals surface area contributed by atoms with Crippen LogP contribution in [0.25, 0.3) is 0 Å². The van der Waals surface area contributed by atoms with Crippen LogP contribution in [0.1, 0.15) is 16.8 Å². The minimum Gasteiger partial charge on any atom is -0.378 e. The van der Waals surface area contributed by atoms with E-state index in [2.05, 4.69) is 20.8 Å². The van der Waals surface area contributed by atoms with Gasteiger partial charge in [0, 0.05) is 23.1 Å². The van der Waals surface area contributed by atoms with Gasteiger partial charge in [-0.1, -0.05) is 0 Å². The second-order valence-corrected chi connectivity index (χ2v) is 4.88. The number of carbonyl (C=O) groups excluding carboxylic acids is 1. The fourth-order valence-electron chi connectivity index (χ4n) is 1.91. The predicted octanol–water partition coefficient (Wildman–Crippen LogP) is 2.38. The first kappa shape index (κ1) is 13.1. The maximum Gasteiger partial charge on any atom is 0.176 e. The van der Waals surface area contributed by atoms with E-state index in [9.17, 15) is 4.79 Å². The Balaban J connectivity index is 2.19. The first-order chi connectivity index (χ1) is 8.72. The van der Waals surface area contributed by atoms with E-state index in [1.807, 2.05) is 12.1 Å². The van der Waals surface area contributed by atoms with Crippen molar-refractivity contribution in [3.05, 3.63) is 28.2 Å². The van der Waals surface area contributed by atoms with Gasteiger partial charge in [0.1, 0.15) is 0 Å². The van der Waals surface area contributed by atoms with Crippen LogP contribution in [0.4, 0.5) is 5.69 Å². The molecule has 0 N–H and O–H groups in total. The molecule has 0 radical (unpaired) electrons. The number of carbonyl (C=O) groups is 1. The molecule has 0 aliphatic carbocycles. The van der Waals surface area contributed by atoms with Crippen LogP contribution in [-0.2, 0) is 4.74 Å². The summed E-state index contributed by atoms with van der Waals surface area (Å²) in [5.74, 6) is -0.147. The lowest BCUT2D eigenvalue weighted by molar-refractivity contribution is 0.0997. The molecule has 1 fully saturated rings. The molecule has 1 aliphatic heterocycles. The Kier molecular flexibility index (Phi) is 4.34. The largest absolute Gasteiger partial charge is 0.378 e. The number of nitrogens with zero attached hydrogens (tertiary/aromatic N) is 2. The van der Waals surface area contributed by atoms with E-state index in [0.717, 1.165) is 36.5 Å². The van der Waals surface area contributed by atoms with Crippen LogP contribution >= 0.6 is 15.9 Å². The molecule has 1 aliphatic rings. The van der Waals surface area contributed by atoms with Crippen molar-refractivity contribution >= 4 is 27.4 Å². The number of rotatable bonds is 3. The molecule has 1 heterocycles. The molecule has 4 nitrogen and oxygen atoms in total. The maximum absolute atomic E-state index is 11.6. The third kappa shape index (κ3) is 2.89. The van der Waals surface area contributed by atoms with Crippen LogP contribution in [0.2, 0.25) is 0 Å². The molecule has 0 saturated carbocycles. The van der Waals surface area contributed by atoms with Crippen LogP contribution in [0.15, 0.2) is 22.7 Å². The highest BCUT2D eigenvalue weighted by molar-refractivity contribution is 9.10. The Hall–Kier alpha value is -1.38.